The van der Waals surface area contributed by atoms with E-state index in [0.717, 1.165) is 19.4 Å². The van der Waals surface area contributed by atoms with Crippen LogP contribution in [0.2, 0.25) is 0 Å². The first kappa shape index (κ1) is 13.7. The first-order valence-corrected chi connectivity index (χ1v) is 7.12. The van der Waals surface area contributed by atoms with Crippen LogP contribution in [0.4, 0.5) is 4.79 Å². The van der Waals surface area contributed by atoms with Gasteiger partial charge in [-0.25, -0.2) is 4.79 Å². The van der Waals surface area contributed by atoms with E-state index in [1.165, 1.54) is 19.3 Å². The molecule has 4 heteroatoms. The second-order valence-corrected chi connectivity index (χ2v) is 6.72. The minimum atomic E-state index is -0.416. The van der Waals surface area contributed by atoms with Crippen molar-refractivity contribution in [2.24, 2.45) is 11.7 Å². The molecule has 2 N–H and O–H groups in total. The molecule has 1 amide bonds. The summed E-state index contributed by atoms with van der Waals surface area (Å²) in [4.78, 5) is 14.2. The monoisotopic (exact) mass is 254 g/mol. The second-order valence-electron chi connectivity index (χ2n) is 6.72. The molecule has 1 aliphatic heterocycles. The highest BCUT2D eigenvalue weighted by atomic mass is 16.6. The number of nitrogens with zero attached hydrogens (tertiary/aromatic N) is 1. The van der Waals surface area contributed by atoms with Crippen molar-refractivity contribution in [2.45, 2.75) is 70.6 Å². The summed E-state index contributed by atoms with van der Waals surface area (Å²) in [5, 5.41) is 0. The van der Waals surface area contributed by atoms with Crippen molar-refractivity contribution in [3.05, 3.63) is 0 Å². The molecular weight excluding hydrogens is 228 g/mol. The lowest BCUT2D eigenvalue weighted by Crippen LogP contribution is -2.54. The molecule has 0 bridgehead atoms. The van der Waals surface area contributed by atoms with Gasteiger partial charge in [-0.1, -0.05) is 6.42 Å². The smallest absolute Gasteiger partial charge is 0.410 e. The first-order valence-electron chi connectivity index (χ1n) is 7.12. The van der Waals surface area contributed by atoms with Crippen molar-refractivity contribution in [1.82, 2.24) is 4.90 Å². The van der Waals surface area contributed by atoms with E-state index in [4.69, 9.17) is 10.5 Å². The minimum Gasteiger partial charge on any atom is -0.444 e. The zero-order valence-corrected chi connectivity index (χ0v) is 11.8. The number of hydrogen-bond acceptors (Lipinski definition) is 3. The fourth-order valence-corrected chi connectivity index (χ4v) is 2.84. The zero-order chi connectivity index (χ0) is 13.3. The number of nitrogens with two attached hydrogens (primary N) is 1. The molecule has 104 valence electrons. The third-order valence-corrected chi connectivity index (χ3v) is 4.01. The number of carbonyl (C=O) groups is 1. The molecule has 1 heterocycles. The van der Waals surface area contributed by atoms with E-state index in [1.807, 2.05) is 25.7 Å². The number of carbonyl (C=O) groups excluding carboxylic acids is 1. The van der Waals surface area contributed by atoms with Crippen LogP contribution in [0.25, 0.3) is 0 Å². The second kappa shape index (κ2) is 5.08. The fraction of sp³-hybridized carbons (Fsp3) is 0.929. The van der Waals surface area contributed by atoms with Gasteiger partial charge in [-0.15, -0.1) is 0 Å². The summed E-state index contributed by atoms with van der Waals surface area (Å²) in [5.74, 6) is 0.642. The molecule has 0 aromatic rings. The van der Waals surface area contributed by atoms with Crippen LogP contribution in [0.3, 0.4) is 0 Å². The van der Waals surface area contributed by atoms with Gasteiger partial charge in [-0.05, 0) is 52.4 Å². The number of rotatable bonds is 1. The Kier molecular flexibility index (Phi) is 3.85. The lowest BCUT2D eigenvalue weighted by atomic mass is 9.75. The highest BCUT2D eigenvalue weighted by Crippen LogP contribution is 2.36. The lowest BCUT2D eigenvalue weighted by molar-refractivity contribution is -0.00817. The van der Waals surface area contributed by atoms with Crippen molar-refractivity contribution in [3.63, 3.8) is 0 Å². The van der Waals surface area contributed by atoms with Crippen LogP contribution in [0.5, 0.6) is 0 Å². The van der Waals surface area contributed by atoms with E-state index in [9.17, 15) is 4.79 Å². The van der Waals surface area contributed by atoms with Crippen LogP contribution in [0, 0.1) is 5.92 Å². The van der Waals surface area contributed by atoms with Crippen LogP contribution in [0.1, 0.15) is 52.9 Å². The van der Waals surface area contributed by atoms with E-state index < -0.39 is 5.60 Å². The maximum atomic E-state index is 12.2. The Hall–Kier alpha value is -0.770. The van der Waals surface area contributed by atoms with Crippen LogP contribution in [-0.4, -0.2) is 35.2 Å². The van der Waals surface area contributed by atoms with Crippen LogP contribution in [-0.2, 0) is 4.74 Å². The van der Waals surface area contributed by atoms with Crippen LogP contribution >= 0.6 is 0 Å². The van der Waals surface area contributed by atoms with Gasteiger partial charge >= 0.3 is 6.09 Å². The SMILES string of the molecule is CC(C)(C)OC(=O)N1CCC(N)CC1C1CCC1. The zero-order valence-electron chi connectivity index (χ0n) is 11.8. The molecule has 4 nitrogen and oxygen atoms in total. The molecule has 0 aromatic carbocycles. The average molecular weight is 254 g/mol. The van der Waals surface area contributed by atoms with E-state index >= 15 is 0 Å². The Labute approximate surface area is 110 Å². The van der Waals surface area contributed by atoms with Crippen molar-refractivity contribution in [3.8, 4) is 0 Å². The minimum absolute atomic E-state index is 0.161. The van der Waals surface area contributed by atoms with Gasteiger partial charge in [0.15, 0.2) is 0 Å². The molecule has 0 radical (unpaired) electrons. The number of likely N-dealkylation sites (tertiary alicyclic amines) is 1. The number of hydrogen-bond donors (Lipinski definition) is 1. The summed E-state index contributed by atoms with van der Waals surface area (Å²) < 4.78 is 5.51. The summed E-state index contributed by atoms with van der Waals surface area (Å²) in [5.41, 5.74) is 5.64. The van der Waals surface area contributed by atoms with Gasteiger partial charge in [-0.3, -0.25) is 0 Å². The summed E-state index contributed by atoms with van der Waals surface area (Å²) in [6.07, 6.45) is 5.42. The molecule has 0 aromatic heterocycles. The Balaban J connectivity index is 2.01. The maximum absolute atomic E-state index is 12.2. The van der Waals surface area contributed by atoms with Gasteiger partial charge in [0.25, 0.3) is 0 Å². The van der Waals surface area contributed by atoms with Gasteiger partial charge in [0, 0.05) is 18.6 Å². The Morgan fingerprint density at radius 3 is 2.44 bits per heavy atom. The van der Waals surface area contributed by atoms with Crippen molar-refractivity contribution >= 4 is 6.09 Å². The molecule has 2 rings (SSSR count). The molecule has 2 unspecified atom stereocenters. The highest BCUT2D eigenvalue weighted by Gasteiger charge is 2.39. The average Bonchev–Trinajstić information content (AvgIpc) is 2.11. The standard InChI is InChI=1S/C14H26N2O2/c1-14(2,3)18-13(17)16-8-7-11(15)9-12(16)10-5-4-6-10/h10-12H,4-9,15H2,1-3H3. The number of ether oxygens (including phenoxy) is 1. The lowest BCUT2D eigenvalue weighted by Gasteiger charge is -2.45. The van der Waals surface area contributed by atoms with Crippen molar-refractivity contribution in [2.75, 3.05) is 6.54 Å². The van der Waals surface area contributed by atoms with Gasteiger partial charge in [-0.2, -0.15) is 0 Å². The van der Waals surface area contributed by atoms with Crippen molar-refractivity contribution < 1.29 is 9.53 Å². The van der Waals surface area contributed by atoms with Crippen molar-refractivity contribution in [1.29, 1.82) is 0 Å². The van der Waals surface area contributed by atoms with E-state index in [0.29, 0.717) is 12.0 Å². The van der Waals surface area contributed by atoms with E-state index in [2.05, 4.69) is 0 Å². The summed E-state index contributed by atoms with van der Waals surface area (Å²) in [6.45, 7) is 6.49. The topological polar surface area (TPSA) is 55.6 Å². The molecule has 2 fully saturated rings. The highest BCUT2D eigenvalue weighted by molar-refractivity contribution is 5.68. The molecular formula is C14H26N2O2. The molecule has 0 spiro atoms. The normalized spacial score (nSPS) is 29.9. The Morgan fingerprint density at radius 2 is 1.94 bits per heavy atom. The maximum Gasteiger partial charge on any atom is 0.410 e. The van der Waals surface area contributed by atoms with E-state index in [-0.39, 0.29) is 12.1 Å². The molecule has 1 saturated heterocycles. The molecule has 2 aliphatic rings. The number of piperidine rings is 1. The number of amides is 1. The third-order valence-electron chi connectivity index (χ3n) is 4.01. The van der Waals surface area contributed by atoms with Crippen LogP contribution in [0.15, 0.2) is 0 Å². The van der Waals surface area contributed by atoms with Gasteiger partial charge < -0.3 is 15.4 Å². The van der Waals surface area contributed by atoms with Gasteiger partial charge in [0.05, 0.1) is 0 Å². The summed E-state index contributed by atoms with van der Waals surface area (Å²) >= 11 is 0. The quantitative estimate of drug-likeness (QED) is 0.782. The molecule has 2 atom stereocenters. The Morgan fingerprint density at radius 1 is 1.28 bits per heavy atom. The fourth-order valence-electron chi connectivity index (χ4n) is 2.84. The van der Waals surface area contributed by atoms with Gasteiger partial charge in [0.1, 0.15) is 5.60 Å². The predicted molar refractivity (Wildman–Crippen MR) is 71.3 cm³/mol. The largest absolute Gasteiger partial charge is 0.444 e. The van der Waals surface area contributed by atoms with E-state index in [1.54, 1.807) is 0 Å². The third kappa shape index (κ3) is 3.16. The first-order chi connectivity index (χ1) is 8.37. The molecule has 1 saturated carbocycles. The molecule has 1 aliphatic carbocycles. The predicted octanol–water partition coefficient (Wildman–Crippen LogP) is 2.51. The Bertz CT molecular complexity index is 307. The summed E-state index contributed by atoms with van der Waals surface area (Å²) in [6, 6.07) is 0.548. The van der Waals surface area contributed by atoms with Gasteiger partial charge in [0.2, 0.25) is 0 Å². The van der Waals surface area contributed by atoms with Crippen LogP contribution < -0.4 is 5.73 Å². The molecule has 18 heavy (non-hydrogen) atoms. The summed E-state index contributed by atoms with van der Waals surface area (Å²) in [7, 11) is 0.